The van der Waals surface area contributed by atoms with E-state index in [-0.39, 0.29) is 11.4 Å². The molecule has 1 saturated heterocycles. The number of esters is 1. The average Bonchev–Trinajstić information content (AvgIpc) is 2.09. The molecule has 0 spiro atoms. The molecule has 0 aromatic heterocycles. The topological polar surface area (TPSA) is 35.5 Å². The molecular weight excluding hydrogens is 188 g/mol. The van der Waals surface area contributed by atoms with Gasteiger partial charge in [-0.05, 0) is 18.6 Å². The number of rotatable bonds is 2. The van der Waals surface area contributed by atoms with Gasteiger partial charge >= 0.3 is 5.97 Å². The highest BCUT2D eigenvalue weighted by molar-refractivity contribution is 7.99. The van der Waals surface area contributed by atoms with Gasteiger partial charge in [-0.3, -0.25) is 0 Å². The van der Waals surface area contributed by atoms with Crippen molar-refractivity contribution >= 4 is 17.7 Å². The standard InChI is InChI=1S/C9H14O3S/c1-2-8(10)12-9-7-11-5-3-4-6-13-9/h2,9H,1,3-7H2. The summed E-state index contributed by atoms with van der Waals surface area (Å²) in [5.41, 5.74) is -0.161. The summed E-state index contributed by atoms with van der Waals surface area (Å²) in [6.45, 7) is 4.60. The lowest BCUT2D eigenvalue weighted by Crippen LogP contribution is -2.21. The highest BCUT2D eigenvalue weighted by Gasteiger charge is 2.14. The third-order valence-corrected chi connectivity index (χ3v) is 2.78. The van der Waals surface area contributed by atoms with E-state index >= 15 is 0 Å². The van der Waals surface area contributed by atoms with Crippen LogP contribution < -0.4 is 0 Å². The third-order valence-electron chi connectivity index (χ3n) is 1.65. The fourth-order valence-corrected chi connectivity index (χ4v) is 1.98. The van der Waals surface area contributed by atoms with Crippen molar-refractivity contribution in [3.8, 4) is 0 Å². The van der Waals surface area contributed by atoms with Crippen molar-refractivity contribution in [1.82, 2.24) is 0 Å². The van der Waals surface area contributed by atoms with Crippen molar-refractivity contribution in [3.63, 3.8) is 0 Å². The lowest BCUT2D eigenvalue weighted by molar-refractivity contribution is -0.141. The Labute approximate surface area is 82.5 Å². The Morgan fingerprint density at radius 2 is 2.46 bits per heavy atom. The van der Waals surface area contributed by atoms with Crippen LogP contribution in [0.25, 0.3) is 0 Å². The monoisotopic (exact) mass is 202 g/mol. The minimum Gasteiger partial charge on any atom is -0.446 e. The van der Waals surface area contributed by atoms with Crippen LogP contribution in [-0.4, -0.2) is 30.4 Å². The van der Waals surface area contributed by atoms with E-state index in [0.717, 1.165) is 25.2 Å². The molecule has 0 saturated carbocycles. The Kier molecular flexibility index (Phi) is 4.93. The summed E-state index contributed by atoms with van der Waals surface area (Å²) < 4.78 is 10.4. The summed E-state index contributed by atoms with van der Waals surface area (Å²) in [5, 5.41) is 0. The molecule has 4 heteroatoms. The first-order valence-corrected chi connectivity index (χ1v) is 5.40. The second-order valence-electron chi connectivity index (χ2n) is 2.72. The van der Waals surface area contributed by atoms with Gasteiger partial charge in [0.2, 0.25) is 0 Å². The Bertz CT molecular complexity index is 174. The molecule has 1 rings (SSSR count). The number of carbonyl (C=O) groups is 1. The first-order valence-electron chi connectivity index (χ1n) is 4.35. The fourth-order valence-electron chi connectivity index (χ4n) is 0.994. The molecule has 0 aromatic carbocycles. The van der Waals surface area contributed by atoms with Gasteiger partial charge in [-0.1, -0.05) is 6.58 Å². The maximum Gasteiger partial charge on any atom is 0.331 e. The first kappa shape index (κ1) is 10.6. The van der Waals surface area contributed by atoms with Crippen LogP contribution in [0, 0.1) is 0 Å². The molecule has 1 atom stereocenters. The van der Waals surface area contributed by atoms with Gasteiger partial charge in [0.15, 0.2) is 5.44 Å². The van der Waals surface area contributed by atoms with Crippen LogP contribution in [0.3, 0.4) is 0 Å². The molecule has 0 radical (unpaired) electrons. The van der Waals surface area contributed by atoms with Gasteiger partial charge in [0.1, 0.15) is 0 Å². The largest absolute Gasteiger partial charge is 0.446 e. The molecule has 0 amide bonds. The molecule has 1 aliphatic heterocycles. The lowest BCUT2D eigenvalue weighted by atomic mass is 10.4. The highest BCUT2D eigenvalue weighted by atomic mass is 32.2. The summed E-state index contributed by atoms with van der Waals surface area (Å²) in [6, 6.07) is 0. The second kappa shape index (κ2) is 6.05. The van der Waals surface area contributed by atoms with Crippen LogP contribution in [0.5, 0.6) is 0 Å². The van der Waals surface area contributed by atoms with Crippen molar-refractivity contribution < 1.29 is 14.3 Å². The summed E-state index contributed by atoms with van der Waals surface area (Å²) in [5.74, 6) is 0.653. The summed E-state index contributed by atoms with van der Waals surface area (Å²) in [6.07, 6.45) is 3.39. The summed E-state index contributed by atoms with van der Waals surface area (Å²) in [7, 11) is 0. The van der Waals surface area contributed by atoms with Crippen LogP contribution in [0.15, 0.2) is 12.7 Å². The molecule has 0 N–H and O–H groups in total. The maximum absolute atomic E-state index is 10.9. The number of hydrogen-bond acceptors (Lipinski definition) is 4. The molecule has 1 fully saturated rings. The molecule has 1 aliphatic rings. The Hall–Kier alpha value is -0.480. The van der Waals surface area contributed by atoms with E-state index in [1.54, 1.807) is 11.8 Å². The first-order chi connectivity index (χ1) is 6.33. The minimum absolute atomic E-state index is 0.161. The van der Waals surface area contributed by atoms with Gasteiger partial charge in [-0.25, -0.2) is 4.79 Å². The zero-order valence-corrected chi connectivity index (χ0v) is 8.35. The summed E-state index contributed by atoms with van der Waals surface area (Å²) >= 11 is 1.63. The minimum atomic E-state index is -0.373. The van der Waals surface area contributed by atoms with Crippen molar-refractivity contribution in [1.29, 1.82) is 0 Å². The van der Waals surface area contributed by atoms with Gasteiger partial charge in [0.25, 0.3) is 0 Å². The van der Waals surface area contributed by atoms with Crippen molar-refractivity contribution in [2.75, 3.05) is 19.0 Å². The van der Waals surface area contributed by atoms with Gasteiger partial charge < -0.3 is 9.47 Å². The molecule has 0 aromatic rings. The number of thioether (sulfide) groups is 1. The fraction of sp³-hybridized carbons (Fsp3) is 0.667. The molecule has 0 aliphatic carbocycles. The van der Waals surface area contributed by atoms with E-state index in [4.69, 9.17) is 9.47 Å². The van der Waals surface area contributed by atoms with Crippen molar-refractivity contribution in [3.05, 3.63) is 12.7 Å². The average molecular weight is 202 g/mol. The SMILES string of the molecule is C=CC(=O)OC1COCCCCS1. The van der Waals surface area contributed by atoms with Gasteiger partial charge in [0, 0.05) is 12.7 Å². The van der Waals surface area contributed by atoms with E-state index in [0.29, 0.717) is 6.61 Å². The van der Waals surface area contributed by atoms with Crippen LogP contribution >= 0.6 is 11.8 Å². The maximum atomic E-state index is 10.9. The number of carbonyl (C=O) groups excluding carboxylic acids is 1. The molecular formula is C9H14O3S. The van der Waals surface area contributed by atoms with E-state index in [2.05, 4.69) is 6.58 Å². The van der Waals surface area contributed by atoms with Crippen LogP contribution in [-0.2, 0) is 14.3 Å². The van der Waals surface area contributed by atoms with Crippen molar-refractivity contribution in [2.45, 2.75) is 18.3 Å². The summed E-state index contributed by atoms with van der Waals surface area (Å²) in [4.78, 5) is 10.9. The van der Waals surface area contributed by atoms with E-state index in [9.17, 15) is 4.79 Å². The van der Waals surface area contributed by atoms with E-state index in [1.807, 2.05) is 0 Å². The Balaban J connectivity index is 2.28. The predicted molar refractivity (Wildman–Crippen MR) is 52.6 cm³/mol. The van der Waals surface area contributed by atoms with E-state index in [1.165, 1.54) is 6.08 Å². The molecule has 0 bridgehead atoms. The molecule has 74 valence electrons. The predicted octanol–water partition coefficient (Wildman–Crippen LogP) is 1.59. The van der Waals surface area contributed by atoms with Gasteiger partial charge in [-0.2, -0.15) is 0 Å². The molecule has 1 heterocycles. The van der Waals surface area contributed by atoms with Gasteiger partial charge in [-0.15, -0.1) is 11.8 Å². The quantitative estimate of drug-likeness (QED) is 0.503. The second-order valence-corrected chi connectivity index (χ2v) is 3.99. The zero-order valence-electron chi connectivity index (χ0n) is 7.53. The Morgan fingerprint density at radius 1 is 1.62 bits per heavy atom. The van der Waals surface area contributed by atoms with Crippen molar-refractivity contribution in [2.24, 2.45) is 0 Å². The van der Waals surface area contributed by atoms with Crippen LogP contribution in [0.4, 0.5) is 0 Å². The lowest BCUT2D eigenvalue weighted by Gasteiger charge is -2.19. The normalized spacial score (nSPS) is 24.2. The number of ether oxygens (including phenoxy) is 2. The molecule has 1 unspecified atom stereocenters. The third kappa shape index (κ3) is 4.33. The van der Waals surface area contributed by atoms with Crippen LogP contribution in [0.1, 0.15) is 12.8 Å². The van der Waals surface area contributed by atoms with E-state index < -0.39 is 0 Å². The smallest absolute Gasteiger partial charge is 0.331 e. The molecule has 3 nitrogen and oxygen atoms in total. The molecule has 13 heavy (non-hydrogen) atoms. The van der Waals surface area contributed by atoms with Crippen LogP contribution in [0.2, 0.25) is 0 Å². The highest BCUT2D eigenvalue weighted by Crippen LogP contribution is 2.17. The Morgan fingerprint density at radius 3 is 3.23 bits per heavy atom. The van der Waals surface area contributed by atoms with Gasteiger partial charge in [0.05, 0.1) is 6.61 Å². The number of hydrogen-bond donors (Lipinski definition) is 0. The zero-order chi connectivity index (χ0) is 9.52.